The van der Waals surface area contributed by atoms with E-state index in [4.69, 9.17) is 14.2 Å². The van der Waals surface area contributed by atoms with E-state index in [1.165, 1.54) is 116 Å². The smallest absolute Gasteiger partial charge is 0.306 e. The summed E-state index contributed by atoms with van der Waals surface area (Å²) in [5.74, 6) is -0.900. The molecular formula is C49H88O6. The lowest BCUT2D eigenvalue weighted by molar-refractivity contribution is -0.167. The summed E-state index contributed by atoms with van der Waals surface area (Å²) in [6.07, 6.45) is 50.1. The van der Waals surface area contributed by atoms with Gasteiger partial charge in [-0.3, -0.25) is 14.4 Å². The highest BCUT2D eigenvalue weighted by Crippen LogP contribution is 2.14. The SMILES string of the molecule is CCC/C=C\CCCCCCCC(=O)OC(COC(=O)CCCCCCCC)COC(=O)CCCCCCCCCCC/C=C\C/C=C\CCCCCCC. The third-order valence-corrected chi connectivity index (χ3v) is 10.1. The van der Waals surface area contributed by atoms with Crippen LogP contribution in [-0.2, 0) is 28.6 Å². The quantitative estimate of drug-likeness (QED) is 0.0266. The van der Waals surface area contributed by atoms with Gasteiger partial charge in [-0.1, -0.05) is 186 Å². The summed E-state index contributed by atoms with van der Waals surface area (Å²) in [6, 6.07) is 0. The van der Waals surface area contributed by atoms with Crippen LogP contribution in [0.2, 0.25) is 0 Å². The number of hydrogen-bond acceptors (Lipinski definition) is 6. The summed E-state index contributed by atoms with van der Waals surface area (Å²) in [4.78, 5) is 37.5. The summed E-state index contributed by atoms with van der Waals surface area (Å²) in [5, 5.41) is 0. The Morgan fingerprint density at radius 1 is 0.364 bits per heavy atom. The van der Waals surface area contributed by atoms with Crippen LogP contribution in [0, 0.1) is 0 Å². The van der Waals surface area contributed by atoms with Crippen molar-refractivity contribution in [3.8, 4) is 0 Å². The number of hydrogen-bond donors (Lipinski definition) is 0. The first-order chi connectivity index (χ1) is 27.0. The second-order valence-corrected chi connectivity index (χ2v) is 15.7. The van der Waals surface area contributed by atoms with Crippen LogP contribution in [0.15, 0.2) is 36.5 Å². The van der Waals surface area contributed by atoms with E-state index in [0.29, 0.717) is 19.3 Å². The van der Waals surface area contributed by atoms with E-state index in [1.54, 1.807) is 0 Å². The molecule has 0 amide bonds. The molecule has 0 saturated heterocycles. The van der Waals surface area contributed by atoms with E-state index >= 15 is 0 Å². The Hall–Kier alpha value is -2.37. The maximum atomic E-state index is 12.6. The predicted octanol–water partition coefficient (Wildman–Crippen LogP) is 15.0. The standard InChI is InChI=1S/C49H88O6/c1-4-7-10-13-16-18-20-21-22-23-24-25-26-27-28-29-30-32-33-36-39-42-48(51)54-45-46(44-53-47(50)41-38-35-15-12-9-6-3)55-49(52)43-40-37-34-31-19-17-14-11-8-5-2/h11,14,20-21,23-24,46H,4-10,12-13,15-19,22,25-45H2,1-3H3/b14-11-,21-20-,24-23-. The molecule has 0 aliphatic carbocycles. The fourth-order valence-electron chi connectivity index (χ4n) is 6.53. The molecule has 55 heavy (non-hydrogen) atoms. The Morgan fingerprint density at radius 2 is 0.691 bits per heavy atom. The molecule has 1 atom stereocenters. The summed E-state index contributed by atoms with van der Waals surface area (Å²) < 4.78 is 16.6. The van der Waals surface area contributed by atoms with Gasteiger partial charge in [0.1, 0.15) is 13.2 Å². The molecule has 320 valence electrons. The first-order valence-electron chi connectivity index (χ1n) is 23.5. The lowest BCUT2D eigenvalue weighted by atomic mass is 10.1. The van der Waals surface area contributed by atoms with Gasteiger partial charge in [0, 0.05) is 19.3 Å². The van der Waals surface area contributed by atoms with Crippen LogP contribution in [0.1, 0.15) is 239 Å². The normalized spacial score (nSPS) is 12.3. The first kappa shape index (κ1) is 52.6. The topological polar surface area (TPSA) is 78.9 Å². The molecule has 0 rings (SSSR count). The number of carbonyl (C=O) groups excluding carboxylic acids is 3. The lowest BCUT2D eigenvalue weighted by Crippen LogP contribution is -2.30. The number of carbonyl (C=O) groups is 3. The van der Waals surface area contributed by atoms with E-state index in [2.05, 4.69) is 57.2 Å². The van der Waals surface area contributed by atoms with Gasteiger partial charge in [0.25, 0.3) is 0 Å². The summed E-state index contributed by atoms with van der Waals surface area (Å²) >= 11 is 0. The van der Waals surface area contributed by atoms with Crippen molar-refractivity contribution in [2.45, 2.75) is 245 Å². The van der Waals surface area contributed by atoms with Gasteiger partial charge in [-0.2, -0.15) is 0 Å². The van der Waals surface area contributed by atoms with E-state index < -0.39 is 6.10 Å². The molecule has 0 heterocycles. The second kappa shape index (κ2) is 44.3. The van der Waals surface area contributed by atoms with E-state index in [9.17, 15) is 14.4 Å². The molecule has 0 aromatic heterocycles. The Morgan fingerprint density at radius 3 is 1.09 bits per heavy atom. The molecule has 1 unspecified atom stereocenters. The lowest BCUT2D eigenvalue weighted by Gasteiger charge is -2.18. The highest BCUT2D eigenvalue weighted by atomic mass is 16.6. The minimum atomic E-state index is -0.771. The van der Waals surface area contributed by atoms with E-state index in [-0.39, 0.29) is 31.1 Å². The average Bonchev–Trinajstić information content (AvgIpc) is 3.18. The van der Waals surface area contributed by atoms with Gasteiger partial charge in [-0.15, -0.1) is 0 Å². The van der Waals surface area contributed by atoms with Crippen molar-refractivity contribution in [2.24, 2.45) is 0 Å². The van der Waals surface area contributed by atoms with Crippen LogP contribution in [0.4, 0.5) is 0 Å². The Labute approximate surface area is 340 Å². The first-order valence-corrected chi connectivity index (χ1v) is 23.5. The molecule has 6 nitrogen and oxygen atoms in total. The molecule has 0 fully saturated rings. The van der Waals surface area contributed by atoms with Gasteiger partial charge in [-0.05, 0) is 70.6 Å². The third-order valence-electron chi connectivity index (χ3n) is 10.1. The second-order valence-electron chi connectivity index (χ2n) is 15.7. The third kappa shape index (κ3) is 42.6. The molecule has 0 saturated carbocycles. The van der Waals surface area contributed by atoms with Gasteiger partial charge in [0.05, 0.1) is 0 Å². The van der Waals surface area contributed by atoms with Gasteiger partial charge < -0.3 is 14.2 Å². The fraction of sp³-hybridized carbons (Fsp3) is 0.816. The van der Waals surface area contributed by atoms with Crippen molar-refractivity contribution in [2.75, 3.05) is 13.2 Å². The maximum Gasteiger partial charge on any atom is 0.306 e. The number of unbranched alkanes of at least 4 members (excludes halogenated alkanes) is 25. The maximum absolute atomic E-state index is 12.6. The monoisotopic (exact) mass is 773 g/mol. The molecule has 0 aliphatic heterocycles. The van der Waals surface area contributed by atoms with Crippen LogP contribution in [-0.4, -0.2) is 37.2 Å². The van der Waals surface area contributed by atoms with Gasteiger partial charge in [-0.25, -0.2) is 0 Å². The van der Waals surface area contributed by atoms with E-state index in [0.717, 1.165) is 83.5 Å². The largest absolute Gasteiger partial charge is 0.462 e. The number of allylic oxidation sites excluding steroid dienone is 6. The Kier molecular flexibility index (Phi) is 42.4. The van der Waals surface area contributed by atoms with Crippen LogP contribution >= 0.6 is 0 Å². The molecule has 6 heteroatoms. The zero-order chi connectivity index (χ0) is 40.1. The van der Waals surface area contributed by atoms with Crippen LogP contribution < -0.4 is 0 Å². The molecule has 0 radical (unpaired) electrons. The minimum Gasteiger partial charge on any atom is -0.462 e. The molecular weight excluding hydrogens is 685 g/mol. The Bertz CT molecular complexity index is 938. The fourth-order valence-corrected chi connectivity index (χ4v) is 6.53. The van der Waals surface area contributed by atoms with Crippen molar-refractivity contribution < 1.29 is 28.6 Å². The highest BCUT2D eigenvalue weighted by molar-refractivity contribution is 5.71. The van der Waals surface area contributed by atoms with Crippen LogP contribution in [0.3, 0.4) is 0 Å². The molecule has 0 bridgehead atoms. The molecule has 0 aromatic rings. The van der Waals surface area contributed by atoms with Crippen LogP contribution in [0.25, 0.3) is 0 Å². The summed E-state index contributed by atoms with van der Waals surface area (Å²) in [7, 11) is 0. The number of rotatable bonds is 42. The van der Waals surface area contributed by atoms with Gasteiger partial charge >= 0.3 is 17.9 Å². The van der Waals surface area contributed by atoms with Crippen molar-refractivity contribution in [1.82, 2.24) is 0 Å². The van der Waals surface area contributed by atoms with Crippen molar-refractivity contribution in [1.29, 1.82) is 0 Å². The zero-order valence-electron chi connectivity index (χ0n) is 36.4. The summed E-state index contributed by atoms with van der Waals surface area (Å²) in [5.41, 5.74) is 0. The van der Waals surface area contributed by atoms with Crippen molar-refractivity contribution in [3.05, 3.63) is 36.5 Å². The van der Waals surface area contributed by atoms with Crippen molar-refractivity contribution in [3.63, 3.8) is 0 Å². The number of esters is 3. The molecule has 0 spiro atoms. The summed E-state index contributed by atoms with van der Waals surface area (Å²) in [6.45, 7) is 6.49. The molecule has 0 N–H and O–H groups in total. The molecule has 0 aliphatic rings. The van der Waals surface area contributed by atoms with Crippen LogP contribution in [0.5, 0.6) is 0 Å². The van der Waals surface area contributed by atoms with Crippen molar-refractivity contribution >= 4 is 17.9 Å². The predicted molar refractivity (Wildman–Crippen MR) is 233 cm³/mol. The molecule has 0 aromatic carbocycles. The average molecular weight is 773 g/mol. The zero-order valence-corrected chi connectivity index (χ0v) is 36.4. The number of ether oxygens (including phenoxy) is 3. The minimum absolute atomic E-state index is 0.0765. The highest BCUT2D eigenvalue weighted by Gasteiger charge is 2.19. The van der Waals surface area contributed by atoms with E-state index in [1.807, 2.05) is 0 Å². The Balaban J connectivity index is 4.15. The van der Waals surface area contributed by atoms with Gasteiger partial charge in [0.15, 0.2) is 6.10 Å². The van der Waals surface area contributed by atoms with Gasteiger partial charge in [0.2, 0.25) is 0 Å².